The highest BCUT2D eigenvalue weighted by Gasteiger charge is 1.65. The standard InChI is InChI=1S/C2H4O2.CH5N3.CH2O2S/c1-2(3)4;2-1(3)4;1-4(2)3/h1H3,(H,3,4);(H5,2,3,4);1H2. The zero-order chi connectivity index (χ0) is 10.7. The van der Waals surface area contributed by atoms with E-state index in [1.54, 1.807) is 0 Å². The van der Waals surface area contributed by atoms with Crippen LogP contribution in [0.4, 0.5) is 0 Å². The second-order valence-corrected chi connectivity index (χ2v) is 1.89. The molecular formula is C4H11N3O4S. The van der Waals surface area contributed by atoms with E-state index in [0.29, 0.717) is 0 Å². The van der Waals surface area contributed by atoms with Crippen molar-refractivity contribution in [2.75, 3.05) is 0 Å². The third-order valence-corrected chi connectivity index (χ3v) is 0. The SMILES string of the molecule is C=S(=O)=O.CC(=O)O.N=C(N)N. The molecule has 0 aromatic heterocycles. The predicted octanol–water partition coefficient (Wildman–Crippen LogP) is -1.77. The van der Waals surface area contributed by atoms with Crippen molar-refractivity contribution in [1.29, 1.82) is 5.41 Å². The van der Waals surface area contributed by atoms with Crippen LogP contribution in [0, 0.1) is 5.41 Å². The Morgan fingerprint density at radius 2 is 1.50 bits per heavy atom. The maximum atomic E-state index is 9.00. The lowest BCUT2D eigenvalue weighted by Crippen LogP contribution is -2.20. The van der Waals surface area contributed by atoms with E-state index in [1.807, 2.05) is 0 Å². The lowest BCUT2D eigenvalue weighted by atomic mass is 10.9. The number of rotatable bonds is 0. The lowest BCUT2D eigenvalue weighted by molar-refractivity contribution is -0.134. The van der Waals surface area contributed by atoms with Crippen LogP contribution in [-0.4, -0.2) is 31.3 Å². The lowest BCUT2D eigenvalue weighted by Gasteiger charge is -1.69. The van der Waals surface area contributed by atoms with Gasteiger partial charge in [0.1, 0.15) is 0 Å². The molecule has 0 saturated heterocycles. The van der Waals surface area contributed by atoms with Crippen LogP contribution in [0.2, 0.25) is 0 Å². The summed E-state index contributed by atoms with van der Waals surface area (Å²) in [6, 6.07) is 0. The molecule has 12 heavy (non-hydrogen) atoms. The third kappa shape index (κ3) is 189. The molecule has 0 aliphatic heterocycles. The van der Waals surface area contributed by atoms with Crippen molar-refractivity contribution in [1.82, 2.24) is 0 Å². The van der Waals surface area contributed by atoms with Gasteiger partial charge in [-0.05, 0) is 0 Å². The van der Waals surface area contributed by atoms with Crippen molar-refractivity contribution < 1.29 is 18.3 Å². The third-order valence-electron chi connectivity index (χ3n) is 0. The van der Waals surface area contributed by atoms with Gasteiger partial charge in [0, 0.05) is 12.8 Å². The number of aliphatic carboxylic acids is 1. The predicted molar refractivity (Wildman–Crippen MR) is 45.5 cm³/mol. The molecular weight excluding hydrogens is 186 g/mol. The van der Waals surface area contributed by atoms with E-state index in [-0.39, 0.29) is 5.96 Å². The molecule has 0 radical (unpaired) electrons. The van der Waals surface area contributed by atoms with Crippen molar-refractivity contribution in [3.63, 3.8) is 0 Å². The molecule has 0 aliphatic rings. The summed E-state index contributed by atoms with van der Waals surface area (Å²) in [6.07, 6.45) is 0. The summed E-state index contributed by atoms with van der Waals surface area (Å²) in [5.74, 6) is 1.39. The van der Waals surface area contributed by atoms with Gasteiger partial charge in [-0.2, -0.15) is 8.42 Å². The first-order valence-electron chi connectivity index (χ1n) is 2.38. The Morgan fingerprint density at radius 1 is 1.50 bits per heavy atom. The van der Waals surface area contributed by atoms with Crippen LogP contribution < -0.4 is 11.5 Å². The highest BCUT2D eigenvalue weighted by Crippen LogP contribution is 1.42. The highest BCUT2D eigenvalue weighted by atomic mass is 32.2. The van der Waals surface area contributed by atoms with Gasteiger partial charge in [0.15, 0.2) is 5.96 Å². The van der Waals surface area contributed by atoms with Crippen LogP contribution in [0.3, 0.4) is 0 Å². The topological polar surface area (TPSA) is 147 Å². The van der Waals surface area contributed by atoms with Crippen molar-refractivity contribution in [2.45, 2.75) is 6.92 Å². The summed E-state index contributed by atoms with van der Waals surface area (Å²) < 4.78 is 17.8. The Balaban J connectivity index is -0.000000101. The summed E-state index contributed by atoms with van der Waals surface area (Å²) >= 11 is 0. The number of guanidine groups is 1. The van der Waals surface area contributed by atoms with E-state index in [4.69, 9.17) is 23.7 Å². The first-order valence-corrected chi connectivity index (χ1v) is 3.62. The monoisotopic (exact) mass is 197 g/mol. The largest absolute Gasteiger partial charge is 0.481 e. The molecule has 0 atom stereocenters. The Labute approximate surface area is 71.0 Å². The van der Waals surface area contributed by atoms with Crippen LogP contribution in [0.1, 0.15) is 6.92 Å². The molecule has 0 heterocycles. The van der Waals surface area contributed by atoms with Crippen LogP contribution in [0.5, 0.6) is 0 Å². The fourth-order valence-electron chi connectivity index (χ4n) is 0. The molecule has 0 aromatic carbocycles. The molecule has 0 rings (SSSR count). The van der Waals surface area contributed by atoms with E-state index in [0.717, 1.165) is 6.92 Å². The maximum absolute atomic E-state index is 9.00. The van der Waals surface area contributed by atoms with Crippen LogP contribution in [-0.2, 0) is 15.1 Å². The Hall–Kier alpha value is -1.57. The number of carboxylic acids is 1. The summed E-state index contributed by atoms with van der Waals surface area (Å²) in [7, 11) is -2.11. The minimum atomic E-state index is -2.11. The smallest absolute Gasteiger partial charge is 0.300 e. The number of hydrogen-bond acceptors (Lipinski definition) is 4. The molecule has 8 heteroatoms. The van der Waals surface area contributed by atoms with Gasteiger partial charge < -0.3 is 16.6 Å². The number of carboxylic acid groups (broad SMARTS) is 1. The van der Waals surface area contributed by atoms with Crippen LogP contribution >= 0.6 is 0 Å². The first-order chi connectivity index (χ1) is 5.20. The van der Waals surface area contributed by atoms with Crippen molar-refractivity contribution in [3.05, 3.63) is 0 Å². The van der Waals surface area contributed by atoms with Crippen LogP contribution in [0.15, 0.2) is 0 Å². The van der Waals surface area contributed by atoms with Gasteiger partial charge >= 0.3 is 0 Å². The summed E-state index contributed by atoms with van der Waals surface area (Å²) in [5, 5.41) is 13.5. The van der Waals surface area contributed by atoms with Gasteiger partial charge in [-0.15, -0.1) is 0 Å². The molecule has 0 saturated carbocycles. The molecule has 72 valence electrons. The summed E-state index contributed by atoms with van der Waals surface area (Å²) in [4.78, 5) is 9.00. The Kier molecular flexibility index (Phi) is 17.0. The number of nitrogens with two attached hydrogens (primary N) is 2. The minimum absolute atomic E-state index is 0.333. The van der Waals surface area contributed by atoms with E-state index < -0.39 is 16.3 Å². The average Bonchev–Trinajstić information content (AvgIpc) is 1.54. The molecule has 0 spiro atoms. The zero-order valence-electron chi connectivity index (χ0n) is 6.44. The van der Waals surface area contributed by atoms with E-state index in [9.17, 15) is 0 Å². The van der Waals surface area contributed by atoms with Crippen molar-refractivity contribution in [3.8, 4) is 0 Å². The summed E-state index contributed by atoms with van der Waals surface area (Å²) in [6.45, 7) is 1.08. The Bertz CT molecular complexity index is 203. The van der Waals surface area contributed by atoms with Gasteiger partial charge in [-0.25, -0.2) is 0 Å². The van der Waals surface area contributed by atoms with Gasteiger partial charge in [0.2, 0.25) is 10.3 Å². The number of carbonyl (C=O) groups is 1. The molecule has 6 N–H and O–H groups in total. The minimum Gasteiger partial charge on any atom is -0.481 e. The zero-order valence-corrected chi connectivity index (χ0v) is 7.26. The van der Waals surface area contributed by atoms with E-state index in [2.05, 4.69) is 17.3 Å². The maximum Gasteiger partial charge on any atom is 0.300 e. The molecule has 0 unspecified atom stereocenters. The van der Waals surface area contributed by atoms with E-state index in [1.165, 1.54) is 0 Å². The second-order valence-electron chi connectivity index (χ2n) is 1.28. The molecule has 0 aliphatic carbocycles. The Morgan fingerprint density at radius 3 is 1.50 bits per heavy atom. The quantitative estimate of drug-likeness (QED) is 0.205. The summed E-state index contributed by atoms with van der Waals surface area (Å²) in [5.41, 5.74) is 8.94. The molecule has 0 aromatic rings. The van der Waals surface area contributed by atoms with Crippen LogP contribution in [0.25, 0.3) is 0 Å². The average molecular weight is 197 g/mol. The molecule has 0 bridgehead atoms. The fourth-order valence-corrected chi connectivity index (χ4v) is 0. The normalized spacial score (nSPS) is 6.08. The first kappa shape index (κ1) is 16.8. The molecule has 7 nitrogen and oxygen atoms in total. The number of hydrogen-bond donors (Lipinski definition) is 4. The van der Waals surface area contributed by atoms with Gasteiger partial charge in [0.25, 0.3) is 5.97 Å². The second kappa shape index (κ2) is 12.1. The van der Waals surface area contributed by atoms with Crippen molar-refractivity contribution in [2.24, 2.45) is 11.5 Å². The van der Waals surface area contributed by atoms with Gasteiger partial charge in [-0.1, -0.05) is 0 Å². The van der Waals surface area contributed by atoms with Gasteiger partial charge in [0.05, 0.1) is 0 Å². The molecule has 0 fully saturated rings. The fraction of sp³-hybridized carbons (Fsp3) is 0.250. The number of nitrogens with one attached hydrogen (secondary N) is 1. The van der Waals surface area contributed by atoms with Crippen molar-refractivity contribution >= 4 is 28.1 Å². The molecule has 0 amide bonds. The highest BCUT2D eigenvalue weighted by molar-refractivity contribution is 7.70. The van der Waals surface area contributed by atoms with E-state index >= 15 is 0 Å². The van der Waals surface area contributed by atoms with Gasteiger partial charge in [-0.3, -0.25) is 10.2 Å².